The summed E-state index contributed by atoms with van der Waals surface area (Å²) in [6.07, 6.45) is 5.79. The lowest BCUT2D eigenvalue weighted by molar-refractivity contribution is 0.266. The van der Waals surface area contributed by atoms with Gasteiger partial charge in [-0.1, -0.05) is 19.9 Å². The van der Waals surface area contributed by atoms with Crippen LogP contribution in [-0.4, -0.2) is 6.61 Å². The molecular weight excluding hydrogens is 112 g/mol. The average Bonchev–Trinajstić information content (AvgIpc) is 1.90. The van der Waals surface area contributed by atoms with Gasteiger partial charge in [-0.25, -0.2) is 0 Å². The fraction of sp³-hybridized carbons (Fsp3) is 0.500. The number of ether oxygens (including phenoxy) is 1. The molecule has 0 aromatic carbocycles. The molecule has 0 spiro atoms. The molecule has 0 fully saturated rings. The van der Waals surface area contributed by atoms with Crippen molar-refractivity contribution >= 4 is 0 Å². The Morgan fingerprint density at radius 1 is 1.56 bits per heavy atom. The Labute approximate surface area is 56.0 Å². The molecule has 0 unspecified atom stereocenters. The van der Waals surface area contributed by atoms with E-state index in [1.54, 1.807) is 6.26 Å². The highest BCUT2D eigenvalue weighted by atomic mass is 16.5. The van der Waals surface area contributed by atoms with E-state index in [0.29, 0.717) is 5.92 Å². The summed E-state index contributed by atoms with van der Waals surface area (Å²) in [6.45, 7) is 5.12. The highest BCUT2D eigenvalue weighted by Gasteiger charge is 2.03. The third-order valence-electron chi connectivity index (χ3n) is 1.48. The Kier molecular flexibility index (Phi) is 1.93. The van der Waals surface area contributed by atoms with E-state index in [9.17, 15) is 0 Å². The van der Waals surface area contributed by atoms with Crippen LogP contribution >= 0.6 is 0 Å². The highest BCUT2D eigenvalue weighted by Crippen LogP contribution is 2.12. The molecule has 0 aromatic rings. The Balaban J connectivity index is 2.57. The molecule has 0 radical (unpaired) electrons. The van der Waals surface area contributed by atoms with E-state index >= 15 is 0 Å². The van der Waals surface area contributed by atoms with Crippen LogP contribution in [0.15, 0.2) is 24.0 Å². The minimum Gasteiger partial charge on any atom is -0.497 e. The molecule has 1 aliphatic heterocycles. The van der Waals surface area contributed by atoms with Crippen LogP contribution < -0.4 is 0 Å². The first-order valence-corrected chi connectivity index (χ1v) is 3.28. The maximum atomic E-state index is 5.09. The van der Waals surface area contributed by atoms with Gasteiger partial charge in [0, 0.05) is 0 Å². The molecule has 1 nitrogen and oxygen atoms in total. The van der Waals surface area contributed by atoms with Crippen molar-refractivity contribution in [3.05, 3.63) is 24.0 Å². The predicted octanol–water partition coefficient (Wildman–Crippen LogP) is 2.11. The standard InChI is InChI=1S/C8H12O/c1-7(2)8-4-3-5-9-6-8/h3-5,7H,6H2,1-2H3. The molecule has 1 heteroatoms. The zero-order valence-corrected chi connectivity index (χ0v) is 5.92. The predicted molar refractivity (Wildman–Crippen MR) is 38.0 cm³/mol. The molecular formula is C8H12O. The van der Waals surface area contributed by atoms with Crippen LogP contribution in [0.2, 0.25) is 0 Å². The first-order valence-electron chi connectivity index (χ1n) is 3.28. The molecule has 0 bridgehead atoms. The Morgan fingerprint density at radius 2 is 2.33 bits per heavy atom. The summed E-state index contributed by atoms with van der Waals surface area (Å²) in [4.78, 5) is 0. The smallest absolute Gasteiger partial charge is 0.109 e. The molecule has 9 heavy (non-hydrogen) atoms. The van der Waals surface area contributed by atoms with Gasteiger partial charge in [-0.05, 0) is 17.6 Å². The SMILES string of the molecule is CC(C)C1=CC=COC1. The summed E-state index contributed by atoms with van der Waals surface area (Å²) >= 11 is 0. The van der Waals surface area contributed by atoms with Gasteiger partial charge in [0.1, 0.15) is 6.61 Å². The van der Waals surface area contributed by atoms with Crippen molar-refractivity contribution in [2.45, 2.75) is 13.8 Å². The van der Waals surface area contributed by atoms with Gasteiger partial charge in [0.2, 0.25) is 0 Å². The number of rotatable bonds is 1. The lowest BCUT2D eigenvalue weighted by atomic mass is 10.0. The monoisotopic (exact) mass is 124 g/mol. The van der Waals surface area contributed by atoms with Gasteiger partial charge in [0.25, 0.3) is 0 Å². The first kappa shape index (κ1) is 6.40. The lowest BCUT2D eigenvalue weighted by Gasteiger charge is -2.12. The van der Waals surface area contributed by atoms with Crippen LogP contribution in [0.25, 0.3) is 0 Å². The lowest BCUT2D eigenvalue weighted by Crippen LogP contribution is -2.03. The molecule has 0 saturated carbocycles. The third-order valence-corrected chi connectivity index (χ3v) is 1.48. The number of hydrogen-bond acceptors (Lipinski definition) is 1. The number of hydrogen-bond donors (Lipinski definition) is 0. The summed E-state index contributed by atoms with van der Waals surface area (Å²) in [5.41, 5.74) is 1.37. The second-order valence-electron chi connectivity index (χ2n) is 2.54. The van der Waals surface area contributed by atoms with Crippen LogP contribution in [0.5, 0.6) is 0 Å². The molecule has 50 valence electrons. The van der Waals surface area contributed by atoms with Crippen molar-refractivity contribution in [2.24, 2.45) is 5.92 Å². The van der Waals surface area contributed by atoms with Crippen molar-refractivity contribution in [1.29, 1.82) is 0 Å². The zero-order chi connectivity index (χ0) is 6.69. The van der Waals surface area contributed by atoms with Gasteiger partial charge < -0.3 is 4.74 Å². The number of allylic oxidation sites excluding steroid dienone is 2. The topological polar surface area (TPSA) is 9.23 Å². The van der Waals surface area contributed by atoms with E-state index in [-0.39, 0.29) is 0 Å². The molecule has 0 aliphatic carbocycles. The normalized spacial score (nSPS) is 17.4. The van der Waals surface area contributed by atoms with Gasteiger partial charge in [0.15, 0.2) is 0 Å². The minimum atomic E-state index is 0.620. The fourth-order valence-electron chi connectivity index (χ4n) is 0.770. The Morgan fingerprint density at radius 3 is 2.67 bits per heavy atom. The molecule has 0 saturated heterocycles. The average molecular weight is 124 g/mol. The van der Waals surface area contributed by atoms with Gasteiger partial charge in [-0.2, -0.15) is 0 Å². The largest absolute Gasteiger partial charge is 0.497 e. The van der Waals surface area contributed by atoms with Crippen LogP contribution in [-0.2, 0) is 4.74 Å². The quantitative estimate of drug-likeness (QED) is 0.520. The molecule has 0 amide bonds. The molecule has 0 N–H and O–H groups in total. The Bertz CT molecular complexity index is 143. The summed E-state index contributed by atoms with van der Waals surface area (Å²) in [5, 5.41) is 0. The molecule has 1 heterocycles. The van der Waals surface area contributed by atoms with E-state index in [1.807, 2.05) is 6.08 Å². The van der Waals surface area contributed by atoms with E-state index in [4.69, 9.17) is 4.74 Å². The van der Waals surface area contributed by atoms with Gasteiger partial charge in [-0.15, -0.1) is 0 Å². The van der Waals surface area contributed by atoms with Crippen LogP contribution in [0, 0.1) is 5.92 Å². The van der Waals surface area contributed by atoms with E-state index < -0.39 is 0 Å². The van der Waals surface area contributed by atoms with Crippen molar-refractivity contribution < 1.29 is 4.74 Å². The fourth-order valence-corrected chi connectivity index (χ4v) is 0.770. The van der Waals surface area contributed by atoms with Gasteiger partial charge >= 0.3 is 0 Å². The molecule has 0 aromatic heterocycles. The molecule has 1 rings (SSSR count). The second-order valence-corrected chi connectivity index (χ2v) is 2.54. The summed E-state index contributed by atoms with van der Waals surface area (Å²) < 4.78 is 5.09. The van der Waals surface area contributed by atoms with Crippen LogP contribution in [0.1, 0.15) is 13.8 Å². The Hall–Kier alpha value is -0.720. The second kappa shape index (κ2) is 2.72. The van der Waals surface area contributed by atoms with Gasteiger partial charge in [-0.3, -0.25) is 0 Å². The molecule has 0 atom stereocenters. The minimum absolute atomic E-state index is 0.620. The van der Waals surface area contributed by atoms with Gasteiger partial charge in [0.05, 0.1) is 6.26 Å². The first-order chi connectivity index (χ1) is 4.30. The van der Waals surface area contributed by atoms with Crippen molar-refractivity contribution in [3.8, 4) is 0 Å². The van der Waals surface area contributed by atoms with Crippen molar-refractivity contribution in [1.82, 2.24) is 0 Å². The van der Waals surface area contributed by atoms with Crippen LogP contribution in [0.3, 0.4) is 0 Å². The van der Waals surface area contributed by atoms with Crippen molar-refractivity contribution in [2.75, 3.05) is 6.61 Å². The maximum absolute atomic E-state index is 5.09. The van der Waals surface area contributed by atoms with Crippen molar-refractivity contribution in [3.63, 3.8) is 0 Å². The summed E-state index contributed by atoms with van der Waals surface area (Å²) in [5.74, 6) is 0.620. The highest BCUT2D eigenvalue weighted by molar-refractivity contribution is 5.16. The third kappa shape index (κ3) is 1.60. The van der Waals surface area contributed by atoms with E-state index in [1.165, 1.54) is 5.57 Å². The van der Waals surface area contributed by atoms with E-state index in [2.05, 4.69) is 19.9 Å². The van der Waals surface area contributed by atoms with Crippen LogP contribution in [0.4, 0.5) is 0 Å². The summed E-state index contributed by atoms with van der Waals surface area (Å²) in [7, 11) is 0. The maximum Gasteiger partial charge on any atom is 0.109 e. The molecule has 1 aliphatic rings. The van der Waals surface area contributed by atoms with E-state index in [0.717, 1.165) is 6.61 Å². The summed E-state index contributed by atoms with van der Waals surface area (Å²) in [6, 6.07) is 0. The zero-order valence-electron chi connectivity index (χ0n) is 5.92.